The van der Waals surface area contributed by atoms with E-state index in [1.165, 1.54) is 4.90 Å². The highest BCUT2D eigenvalue weighted by Crippen LogP contribution is 2.59. The van der Waals surface area contributed by atoms with Crippen LogP contribution in [0, 0.1) is 17.8 Å². The van der Waals surface area contributed by atoms with Crippen LogP contribution >= 0.6 is 15.9 Å². The Morgan fingerprint density at radius 1 is 1.11 bits per heavy atom. The van der Waals surface area contributed by atoms with Gasteiger partial charge in [-0.15, -0.1) is 0 Å². The molecule has 0 unspecified atom stereocenters. The number of hydrogen-bond donors (Lipinski definition) is 2. The third-order valence-electron chi connectivity index (χ3n) is 9.75. The van der Waals surface area contributed by atoms with E-state index in [0.29, 0.717) is 36.0 Å². The SMILES string of the molecule is CCCCN1C/C=C\CCC(=O)NC[C@H](c2ccccc2)OC(=O)[C@H]2[C@@H]3O[C@@]4(C=C3Br)[C@@H]2C(=O)N([C@@H](CO)[C@@H](C)CC)[C@@H]4C1=O. The highest BCUT2D eigenvalue weighted by atomic mass is 79.9. The van der Waals surface area contributed by atoms with Gasteiger partial charge in [0, 0.05) is 24.0 Å². The average Bonchev–Trinajstić information content (AvgIpc) is 3.63. The first kappa shape index (κ1) is 33.3. The Labute approximate surface area is 273 Å². The molecule has 45 heavy (non-hydrogen) atoms. The van der Waals surface area contributed by atoms with E-state index in [1.807, 2.05) is 63.3 Å². The van der Waals surface area contributed by atoms with E-state index in [1.54, 1.807) is 11.0 Å². The lowest BCUT2D eigenvalue weighted by Gasteiger charge is -2.40. The van der Waals surface area contributed by atoms with Crippen molar-refractivity contribution >= 4 is 39.6 Å². The van der Waals surface area contributed by atoms with Crippen LogP contribution in [0.3, 0.4) is 0 Å². The van der Waals surface area contributed by atoms with Crippen molar-refractivity contribution in [3.05, 3.63) is 58.6 Å². The normalized spacial score (nSPS) is 32.6. The van der Waals surface area contributed by atoms with Crippen LogP contribution in [0.5, 0.6) is 0 Å². The molecule has 244 valence electrons. The van der Waals surface area contributed by atoms with Crippen LogP contribution in [0.15, 0.2) is 53.0 Å². The Balaban J connectivity index is 1.62. The summed E-state index contributed by atoms with van der Waals surface area (Å²) in [5.74, 6) is -3.68. The van der Waals surface area contributed by atoms with Gasteiger partial charge in [-0.2, -0.15) is 0 Å². The highest BCUT2D eigenvalue weighted by Gasteiger charge is 2.75. The zero-order valence-corrected chi connectivity index (χ0v) is 27.8. The number of fused-ring (bicyclic) bond motifs is 2. The number of likely N-dealkylation sites (tertiary alicyclic amines) is 1. The molecule has 10 nitrogen and oxygen atoms in total. The summed E-state index contributed by atoms with van der Waals surface area (Å²) in [4.78, 5) is 59.4. The second-order valence-corrected chi connectivity index (χ2v) is 13.4. The van der Waals surface area contributed by atoms with Crippen molar-refractivity contribution in [2.45, 2.75) is 82.8 Å². The third-order valence-corrected chi connectivity index (χ3v) is 10.4. The van der Waals surface area contributed by atoms with Crippen LogP contribution in [0.1, 0.15) is 64.5 Å². The summed E-state index contributed by atoms with van der Waals surface area (Å²) in [6.07, 6.45) is 6.96. The summed E-state index contributed by atoms with van der Waals surface area (Å²) < 4.78 is 13.3. The molecule has 2 N–H and O–H groups in total. The van der Waals surface area contributed by atoms with Gasteiger partial charge in [-0.25, -0.2) is 0 Å². The summed E-state index contributed by atoms with van der Waals surface area (Å²) in [7, 11) is 0. The number of allylic oxidation sites excluding steroid dienone is 1. The molecular formula is C34H44BrN3O7. The number of ether oxygens (including phenoxy) is 2. The van der Waals surface area contributed by atoms with Crippen molar-refractivity contribution in [3.63, 3.8) is 0 Å². The van der Waals surface area contributed by atoms with Gasteiger partial charge in [-0.1, -0.05) is 92.0 Å². The number of carbonyl (C=O) groups is 4. The van der Waals surface area contributed by atoms with Crippen LogP contribution in [0.2, 0.25) is 0 Å². The summed E-state index contributed by atoms with van der Waals surface area (Å²) in [5, 5.41) is 13.5. The predicted octanol–water partition coefficient (Wildman–Crippen LogP) is 3.65. The van der Waals surface area contributed by atoms with Crippen molar-refractivity contribution in [3.8, 4) is 0 Å². The van der Waals surface area contributed by atoms with Crippen LogP contribution in [-0.4, -0.2) is 88.6 Å². The monoisotopic (exact) mass is 685 g/mol. The number of esters is 1. The number of nitrogens with one attached hydrogen (secondary N) is 1. The molecule has 0 saturated carbocycles. The van der Waals surface area contributed by atoms with Crippen molar-refractivity contribution in [2.24, 2.45) is 17.8 Å². The number of unbranched alkanes of at least 4 members (excludes halogenated alkanes) is 1. The van der Waals surface area contributed by atoms with Crippen LogP contribution in [0.4, 0.5) is 0 Å². The van der Waals surface area contributed by atoms with Gasteiger partial charge in [0.15, 0.2) is 0 Å². The number of halogens is 1. The molecule has 5 bridgehead atoms. The highest BCUT2D eigenvalue weighted by molar-refractivity contribution is 9.11. The fraction of sp³-hybridized carbons (Fsp3) is 0.588. The lowest BCUT2D eigenvalue weighted by Crippen LogP contribution is -2.59. The first-order chi connectivity index (χ1) is 21.7. The number of rotatable bonds is 8. The van der Waals surface area contributed by atoms with E-state index in [-0.39, 0.29) is 37.3 Å². The van der Waals surface area contributed by atoms with E-state index in [0.717, 1.165) is 12.8 Å². The molecule has 1 aromatic carbocycles. The molecule has 4 heterocycles. The second-order valence-electron chi connectivity index (χ2n) is 12.5. The summed E-state index contributed by atoms with van der Waals surface area (Å²) >= 11 is 3.59. The van der Waals surface area contributed by atoms with Gasteiger partial charge in [-0.05, 0) is 30.4 Å². The number of benzene rings is 1. The maximum Gasteiger partial charge on any atom is 0.313 e. The number of nitrogens with zero attached hydrogens (tertiary/aromatic N) is 2. The molecule has 4 aliphatic heterocycles. The number of hydrogen-bond acceptors (Lipinski definition) is 7. The van der Waals surface area contributed by atoms with Crippen LogP contribution < -0.4 is 5.32 Å². The van der Waals surface area contributed by atoms with Gasteiger partial charge in [0.25, 0.3) is 0 Å². The fourth-order valence-corrected chi connectivity index (χ4v) is 7.87. The van der Waals surface area contributed by atoms with E-state index in [2.05, 4.69) is 21.2 Å². The molecule has 0 aliphatic carbocycles. The Kier molecular flexibility index (Phi) is 10.5. The van der Waals surface area contributed by atoms with Gasteiger partial charge in [0.2, 0.25) is 17.7 Å². The zero-order chi connectivity index (χ0) is 32.3. The summed E-state index contributed by atoms with van der Waals surface area (Å²) in [5.41, 5.74) is -0.714. The molecule has 2 saturated heterocycles. The van der Waals surface area contributed by atoms with Crippen LogP contribution in [0.25, 0.3) is 0 Å². The molecule has 11 heteroatoms. The molecule has 5 rings (SSSR count). The smallest absolute Gasteiger partial charge is 0.313 e. The molecule has 4 aliphatic rings. The lowest BCUT2D eigenvalue weighted by molar-refractivity contribution is -0.161. The van der Waals surface area contributed by atoms with E-state index >= 15 is 0 Å². The van der Waals surface area contributed by atoms with Crippen molar-refractivity contribution in [1.29, 1.82) is 0 Å². The Morgan fingerprint density at radius 3 is 2.56 bits per heavy atom. The summed E-state index contributed by atoms with van der Waals surface area (Å²) in [6, 6.07) is 7.43. The standard InChI is InChI=1S/C34H44BrN3O7/c1-4-6-16-37-17-12-8-11-15-26(40)36-19-25(22-13-9-7-10-14-22)44-33(43)27-28-31(41)38(24(20-39)21(3)5-2)30(32(37)42)34(28)18-23(35)29(27)45-34/h7-10,12-14,18,21,24-25,27-30,39H,4-6,11,15-17,19-20H2,1-3H3,(H,36,40)/b12-8-/t21-,24-,25+,27+,28-,29+,30+,34-/m0/s1. The van der Waals surface area contributed by atoms with Gasteiger partial charge in [-0.3, -0.25) is 19.2 Å². The first-order valence-electron chi connectivity index (χ1n) is 16.1. The number of amides is 3. The molecule has 0 aromatic heterocycles. The molecule has 0 radical (unpaired) electrons. The van der Waals surface area contributed by atoms with Crippen molar-refractivity contribution < 1.29 is 33.8 Å². The third kappa shape index (κ3) is 6.23. The van der Waals surface area contributed by atoms with Crippen molar-refractivity contribution in [1.82, 2.24) is 15.1 Å². The Morgan fingerprint density at radius 2 is 1.87 bits per heavy atom. The minimum atomic E-state index is -1.42. The minimum absolute atomic E-state index is 0.0654. The number of aliphatic hydroxyl groups is 1. The molecule has 2 fully saturated rings. The quantitative estimate of drug-likeness (QED) is 0.316. The molecular weight excluding hydrogens is 642 g/mol. The molecule has 1 aromatic rings. The Hall–Kier alpha value is -3.02. The zero-order valence-electron chi connectivity index (χ0n) is 26.2. The number of cyclic esters (lactones) is 1. The minimum Gasteiger partial charge on any atom is -0.455 e. The largest absolute Gasteiger partial charge is 0.455 e. The number of aliphatic hydroxyl groups excluding tert-OH is 1. The van der Waals surface area contributed by atoms with Gasteiger partial charge in [0.05, 0.1) is 25.1 Å². The van der Waals surface area contributed by atoms with Crippen LogP contribution in [-0.2, 0) is 28.7 Å². The van der Waals surface area contributed by atoms with Gasteiger partial charge < -0.3 is 29.7 Å². The van der Waals surface area contributed by atoms with E-state index in [4.69, 9.17) is 9.47 Å². The lowest BCUT2D eigenvalue weighted by atomic mass is 9.74. The van der Waals surface area contributed by atoms with E-state index < -0.39 is 53.6 Å². The summed E-state index contributed by atoms with van der Waals surface area (Å²) in [6.45, 7) is 6.47. The molecule has 8 atom stereocenters. The van der Waals surface area contributed by atoms with Gasteiger partial charge in [0.1, 0.15) is 29.8 Å². The topological polar surface area (TPSA) is 125 Å². The fourth-order valence-electron chi connectivity index (χ4n) is 7.13. The molecule has 1 spiro atoms. The number of carbonyl (C=O) groups excluding carboxylic acids is 4. The average molecular weight is 687 g/mol. The predicted molar refractivity (Wildman–Crippen MR) is 171 cm³/mol. The Bertz CT molecular complexity index is 1340. The second kappa shape index (κ2) is 14.2. The first-order valence-corrected chi connectivity index (χ1v) is 16.9. The van der Waals surface area contributed by atoms with Crippen molar-refractivity contribution in [2.75, 3.05) is 26.2 Å². The maximum absolute atomic E-state index is 14.7. The van der Waals surface area contributed by atoms with E-state index in [9.17, 15) is 24.3 Å². The van der Waals surface area contributed by atoms with Gasteiger partial charge >= 0.3 is 5.97 Å². The molecule has 3 amide bonds. The maximum atomic E-state index is 14.7.